The average molecular weight is 244 g/mol. The Balaban J connectivity index is 2.45. The Morgan fingerprint density at radius 1 is 1.38 bits per heavy atom. The molecule has 1 aromatic rings. The van der Waals surface area contributed by atoms with Crippen molar-refractivity contribution in [1.29, 1.82) is 0 Å². The van der Waals surface area contributed by atoms with Gasteiger partial charge < -0.3 is 15.1 Å². The first-order valence-electron chi connectivity index (χ1n) is 5.50. The van der Waals surface area contributed by atoms with Crippen LogP contribution < -0.4 is 10.6 Å². The van der Waals surface area contributed by atoms with Gasteiger partial charge in [0.15, 0.2) is 0 Å². The van der Waals surface area contributed by atoms with Crippen LogP contribution in [0.5, 0.6) is 0 Å². The summed E-state index contributed by atoms with van der Waals surface area (Å²) in [6.07, 6.45) is 2.08. The fraction of sp³-hybridized carbons (Fsp3) is 0.800. The third-order valence-electron chi connectivity index (χ3n) is 2.26. The molecule has 0 fully saturated rings. The van der Waals surface area contributed by atoms with Crippen molar-refractivity contribution in [3.63, 3.8) is 0 Å². The Hall–Kier alpha value is -0.750. The molecule has 0 aliphatic heterocycles. The van der Waals surface area contributed by atoms with Gasteiger partial charge in [-0.15, -0.1) is 5.10 Å². The van der Waals surface area contributed by atoms with E-state index in [1.165, 1.54) is 0 Å². The molecule has 2 unspecified atom stereocenters. The Labute approximate surface area is 101 Å². The zero-order valence-electron chi connectivity index (χ0n) is 10.3. The van der Waals surface area contributed by atoms with Gasteiger partial charge in [0.2, 0.25) is 5.89 Å². The lowest BCUT2D eigenvalue weighted by molar-refractivity contribution is 0.429. The van der Waals surface area contributed by atoms with Gasteiger partial charge in [0.25, 0.3) is 0 Å². The predicted octanol–water partition coefficient (Wildman–Crippen LogP) is 1.90. The summed E-state index contributed by atoms with van der Waals surface area (Å²) in [6.45, 7) is 7.92. The lowest BCUT2D eigenvalue weighted by Crippen LogP contribution is -2.17. The summed E-state index contributed by atoms with van der Waals surface area (Å²) in [6, 6.07) is 0.603. The van der Waals surface area contributed by atoms with Gasteiger partial charge in [-0.3, -0.25) is 0 Å². The van der Waals surface area contributed by atoms with Crippen LogP contribution >= 0.6 is 11.8 Å². The molecule has 0 saturated carbocycles. The number of nitrogens with one attached hydrogen (secondary N) is 2. The third kappa shape index (κ3) is 4.02. The monoisotopic (exact) mass is 244 g/mol. The molecule has 1 aromatic heterocycles. The maximum Gasteiger partial charge on any atom is 0.315 e. The summed E-state index contributed by atoms with van der Waals surface area (Å²) in [5.41, 5.74) is 0. The molecule has 2 N–H and O–H groups in total. The molecule has 0 radical (unpaired) electrons. The van der Waals surface area contributed by atoms with Gasteiger partial charge in [-0.25, -0.2) is 0 Å². The van der Waals surface area contributed by atoms with Crippen molar-refractivity contribution < 1.29 is 4.42 Å². The van der Waals surface area contributed by atoms with Gasteiger partial charge in [-0.2, -0.15) is 11.8 Å². The molecule has 92 valence electrons. The van der Waals surface area contributed by atoms with Crippen LogP contribution in [0.2, 0.25) is 0 Å². The number of hydrogen-bond acceptors (Lipinski definition) is 6. The van der Waals surface area contributed by atoms with Crippen LogP contribution in [0.15, 0.2) is 4.42 Å². The minimum Gasteiger partial charge on any atom is -0.406 e. The highest BCUT2D eigenvalue weighted by molar-refractivity contribution is 7.99. The van der Waals surface area contributed by atoms with Crippen LogP contribution in [-0.4, -0.2) is 34.8 Å². The molecular formula is C10H20N4OS. The van der Waals surface area contributed by atoms with E-state index in [9.17, 15) is 0 Å². The molecule has 0 aliphatic rings. The number of hydrogen-bond donors (Lipinski definition) is 2. The molecule has 6 heteroatoms. The molecule has 0 aromatic carbocycles. The van der Waals surface area contributed by atoms with Gasteiger partial charge >= 0.3 is 6.01 Å². The van der Waals surface area contributed by atoms with E-state index in [1.54, 1.807) is 11.8 Å². The second-order valence-corrected chi connectivity index (χ2v) is 4.93. The second kappa shape index (κ2) is 6.75. The number of aromatic nitrogens is 2. The van der Waals surface area contributed by atoms with E-state index < -0.39 is 0 Å². The fourth-order valence-electron chi connectivity index (χ4n) is 1.19. The van der Waals surface area contributed by atoms with Crippen molar-refractivity contribution in [2.45, 2.75) is 32.1 Å². The second-order valence-electron chi connectivity index (χ2n) is 3.65. The lowest BCUT2D eigenvalue weighted by atomic mass is 10.3. The summed E-state index contributed by atoms with van der Waals surface area (Å²) in [4.78, 5) is 0. The molecule has 0 saturated heterocycles. The summed E-state index contributed by atoms with van der Waals surface area (Å²) in [5.74, 6) is 0.626. The van der Waals surface area contributed by atoms with Crippen LogP contribution in [0, 0.1) is 0 Å². The Morgan fingerprint density at radius 2 is 2.12 bits per heavy atom. The molecule has 16 heavy (non-hydrogen) atoms. The van der Waals surface area contributed by atoms with Gasteiger partial charge in [0.1, 0.15) is 0 Å². The minimum absolute atomic E-state index is 0.103. The van der Waals surface area contributed by atoms with Crippen LogP contribution in [0.3, 0.4) is 0 Å². The summed E-state index contributed by atoms with van der Waals surface area (Å²) in [5, 5.41) is 14.8. The van der Waals surface area contributed by atoms with Gasteiger partial charge in [0.05, 0.1) is 6.04 Å². The first kappa shape index (κ1) is 13.3. The molecule has 5 nitrogen and oxygen atoms in total. The topological polar surface area (TPSA) is 63.0 Å². The molecule has 0 spiro atoms. The van der Waals surface area contributed by atoms with Gasteiger partial charge in [-0.05, 0) is 19.7 Å². The van der Waals surface area contributed by atoms with E-state index in [0.717, 1.165) is 13.1 Å². The Bertz CT molecular complexity index is 305. The van der Waals surface area contributed by atoms with E-state index in [2.05, 4.69) is 34.0 Å². The van der Waals surface area contributed by atoms with E-state index in [1.807, 2.05) is 13.8 Å². The maximum absolute atomic E-state index is 5.49. The highest BCUT2D eigenvalue weighted by atomic mass is 32.2. The van der Waals surface area contributed by atoms with Crippen molar-refractivity contribution in [2.75, 3.05) is 24.7 Å². The molecule has 0 amide bonds. The molecule has 0 bridgehead atoms. The minimum atomic E-state index is 0.103. The Kier molecular flexibility index (Phi) is 5.62. The maximum atomic E-state index is 5.49. The number of nitrogens with zero attached hydrogens (tertiary/aromatic N) is 2. The van der Waals surface area contributed by atoms with Crippen LogP contribution in [0.1, 0.15) is 32.7 Å². The van der Waals surface area contributed by atoms with Crippen LogP contribution in [0.4, 0.5) is 6.01 Å². The normalized spacial score (nSPS) is 14.8. The van der Waals surface area contributed by atoms with Crippen molar-refractivity contribution in [3.05, 3.63) is 5.89 Å². The average Bonchev–Trinajstić information content (AvgIpc) is 2.75. The quantitative estimate of drug-likeness (QED) is 0.764. The Morgan fingerprint density at radius 3 is 2.75 bits per heavy atom. The largest absolute Gasteiger partial charge is 0.406 e. The SMILES string of the molecule is CCNC(C)c1nnc(NCC(C)SC)o1. The number of anilines is 1. The van der Waals surface area contributed by atoms with Crippen molar-refractivity contribution in [3.8, 4) is 0 Å². The molecule has 0 aliphatic carbocycles. The highest BCUT2D eigenvalue weighted by Gasteiger charge is 2.12. The number of rotatable bonds is 7. The van der Waals surface area contributed by atoms with Crippen molar-refractivity contribution in [2.24, 2.45) is 0 Å². The van der Waals surface area contributed by atoms with Crippen LogP contribution in [0.25, 0.3) is 0 Å². The third-order valence-corrected chi connectivity index (χ3v) is 3.24. The van der Waals surface area contributed by atoms with E-state index >= 15 is 0 Å². The van der Waals surface area contributed by atoms with Gasteiger partial charge in [-0.1, -0.05) is 18.9 Å². The first-order valence-corrected chi connectivity index (χ1v) is 6.79. The first-order chi connectivity index (χ1) is 7.67. The van der Waals surface area contributed by atoms with Crippen molar-refractivity contribution >= 4 is 17.8 Å². The zero-order valence-corrected chi connectivity index (χ0v) is 11.1. The summed E-state index contributed by atoms with van der Waals surface area (Å²) in [7, 11) is 0. The molecule has 2 atom stereocenters. The van der Waals surface area contributed by atoms with E-state index in [0.29, 0.717) is 17.2 Å². The van der Waals surface area contributed by atoms with E-state index in [-0.39, 0.29) is 6.04 Å². The van der Waals surface area contributed by atoms with Gasteiger partial charge in [0, 0.05) is 11.8 Å². The van der Waals surface area contributed by atoms with Crippen LogP contribution in [-0.2, 0) is 0 Å². The summed E-state index contributed by atoms with van der Waals surface area (Å²) >= 11 is 1.80. The lowest BCUT2D eigenvalue weighted by Gasteiger charge is -2.08. The molecule has 1 heterocycles. The smallest absolute Gasteiger partial charge is 0.315 e. The molecular weight excluding hydrogens is 224 g/mol. The zero-order chi connectivity index (χ0) is 12.0. The van der Waals surface area contributed by atoms with E-state index in [4.69, 9.17) is 4.42 Å². The predicted molar refractivity (Wildman–Crippen MR) is 67.9 cm³/mol. The fourth-order valence-corrected chi connectivity index (χ4v) is 1.44. The highest BCUT2D eigenvalue weighted by Crippen LogP contribution is 2.14. The molecule has 1 rings (SSSR count). The van der Waals surface area contributed by atoms with Crippen molar-refractivity contribution in [1.82, 2.24) is 15.5 Å². The summed E-state index contributed by atoms with van der Waals surface area (Å²) < 4.78 is 5.49. The number of thioether (sulfide) groups is 1. The standard InChI is InChI=1S/C10H20N4OS/c1-5-11-8(3)9-13-14-10(15-9)12-6-7(2)16-4/h7-8,11H,5-6H2,1-4H3,(H,12,14).